The maximum atomic E-state index is 6.26. The van der Waals surface area contributed by atoms with Gasteiger partial charge in [-0.05, 0) is 42.7 Å². The van der Waals surface area contributed by atoms with Gasteiger partial charge in [0.25, 0.3) is 0 Å². The summed E-state index contributed by atoms with van der Waals surface area (Å²) in [4.78, 5) is 3.87. The zero-order valence-corrected chi connectivity index (χ0v) is 11.8. The van der Waals surface area contributed by atoms with E-state index in [9.17, 15) is 0 Å². The molecule has 17 heavy (non-hydrogen) atoms. The lowest BCUT2D eigenvalue weighted by Gasteiger charge is -2.27. The lowest BCUT2D eigenvalue weighted by Crippen LogP contribution is -2.32. The molecule has 1 atom stereocenters. The summed E-state index contributed by atoms with van der Waals surface area (Å²) in [5.74, 6) is 0. The fourth-order valence-corrected chi connectivity index (χ4v) is 3.60. The van der Waals surface area contributed by atoms with Crippen molar-refractivity contribution in [3.8, 4) is 0 Å². The van der Waals surface area contributed by atoms with Crippen molar-refractivity contribution in [3.05, 3.63) is 22.4 Å². The van der Waals surface area contributed by atoms with Crippen molar-refractivity contribution < 1.29 is 0 Å². The molecule has 1 aromatic rings. The smallest absolute Gasteiger partial charge is 0.0519 e. The number of thiophene rings is 1. The van der Waals surface area contributed by atoms with Crippen molar-refractivity contribution in [2.75, 3.05) is 19.6 Å². The second kappa shape index (κ2) is 5.51. The first-order valence-electron chi connectivity index (χ1n) is 6.70. The van der Waals surface area contributed by atoms with Crippen LogP contribution >= 0.6 is 11.3 Å². The van der Waals surface area contributed by atoms with Crippen molar-refractivity contribution in [3.63, 3.8) is 0 Å². The summed E-state index contributed by atoms with van der Waals surface area (Å²) in [7, 11) is 0. The molecule has 3 heteroatoms. The summed E-state index contributed by atoms with van der Waals surface area (Å²) in [5, 5.41) is 2.11. The standard InChI is InChI=1S/C14H24N2S/c1-3-14(4-2)7-8-16(11-14)10-12(15)13-6-5-9-17-13/h5-6,9,12H,3-4,7-8,10-11,15H2,1-2H3. The fraction of sp³-hybridized carbons (Fsp3) is 0.714. The fourth-order valence-electron chi connectivity index (χ4n) is 2.88. The molecule has 1 unspecified atom stereocenters. The van der Waals surface area contributed by atoms with Crippen LogP contribution in [-0.4, -0.2) is 24.5 Å². The Morgan fingerprint density at radius 1 is 1.47 bits per heavy atom. The molecule has 0 aliphatic carbocycles. The van der Waals surface area contributed by atoms with Gasteiger partial charge in [-0.1, -0.05) is 19.9 Å². The molecule has 0 amide bonds. The molecule has 0 bridgehead atoms. The van der Waals surface area contributed by atoms with E-state index in [0.29, 0.717) is 5.41 Å². The Kier molecular flexibility index (Phi) is 4.23. The van der Waals surface area contributed by atoms with Crippen LogP contribution in [-0.2, 0) is 0 Å². The lowest BCUT2D eigenvalue weighted by molar-refractivity contribution is 0.233. The molecule has 0 aromatic carbocycles. The van der Waals surface area contributed by atoms with Crippen LogP contribution in [0.15, 0.2) is 17.5 Å². The Bertz CT molecular complexity index is 330. The summed E-state index contributed by atoms with van der Waals surface area (Å²) in [6, 6.07) is 4.43. The van der Waals surface area contributed by atoms with E-state index in [1.807, 2.05) is 0 Å². The van der Waals surface area contributed by atoms with E-state index in [1.165, 1.54) is 37.2 Å². The second-order valence-corrected chi connectivity index (χ2v) is 6.29. The highest BCUT2D eigenvalue weighted by Crippen LogP contribution is 2.37. The molecule has 1 aromatic heterocycles. The highest BCUT2D eigenvalue weighted by Gasteiger charge is 2.35. The van der Waals surface area contributed by atoms with Gasteiger partial charge < -0.3 is 10.6 Å². The van der Waals surface area contributed by atoms with Gasteiger partial charge in [-0.3, -0.25) is 0 Å². The maximum Gasteiger partial charge on any atom is 0.0519 e. The van der Waals surface area contributed by atoms with E-state index in [-0.39, 0.29) is 6.04 Å². The quantitative estimate of drug-likeness (QED) is 0.871. The molecule has 2 N–H and O–H groups in total. The second-order valence-electron chi connectivity index (χ2n) is 5.31. The van der Waals surface area contributed by atoms with Crippen molar-refractivity contribution in [2.45, 2.75) is 39.2 Å². The Morgan fingerprint density at radius 2 is 2.24 bits per heavy atom. The Balaban J connectivity index is 1.89. The first-order chi connectivity index (χ1) is 8.19. The Morgan fingerprint density at radius 3 is 2.76 bits per heavy atom. The number of likely N-dealkylation sites (tertiary alicyclic amines) is 1. The highest BCUT2D eigenvalue weighted by atomic mass is 32.1. The SMILES string of the molecule is CCC1(CC)CCN(CC(N)c2cccs2)C1. The van der Waals surface area contributed by atoms with E-state index in [2.05, 4.69) is 36.3 Å². The lowest BCUT2D eigenvalue weighted by atomic mass is 9.82. The molecule has 1 aliphatic heterocycles. The molecule has 0 radical (unpaired) electrons. The number of hydrogen-bond acceptors (Lipinski definition) is 3. The van der Waals surface area contributed by atoms with Crippen LogP contribution in [0.2, 0.25) is 0 Å². The summed E-state index contributed by atoms with van der Waals surface area (Å²) in [5.41, 5.74) is 6.82. The molecule has 1 fully saturated rings. The average molecular weight is 252 g/mol. The van der Waals surface area contributed by atoms with Crippen LogP contribution < -0.4 is 5.73 Å². The van der Waals surface area contributed by atoms with Crippen LogP contribution in [0, 0.1) is 5.41 Å². The first kappa shape index (κ1) is 13.1. The minimum absolute atomic E-state index is 0.194. The Hall–Kier alpha value is -0.380. The van der Waals surface area contributed by atoms with Crippen LogP contribution in [0.4, 0.5) is 0 Å². The number of hydrogen-bond donors (Lipinski definition) is 1. The van der Waals surface area contributed by atoms with E-state index < -0.39 is 0 Å². The van der Waals surface area contributed by atoms with Crippen molar-refractivity contribution in [2.24, 2.45) is 11.1 Å². The number of nitrogens with zero attached hydrogens (tertiary/aromatic N) is 1. The first-order valence-corrected chi connectivity index (χ1v) is 7.58. The number of rotatable bonds is 5. The van der Waals surface area contributed by atoms with Crippen LogP contribution in [0.1, 0.15) is 44.0 Å². The topological polar surface area (TPSA) is 29.3 Å². The molecular formula is C14H24N2S. The zero-order valence-electron chi connectivity index (χ0n) is 11.0. The monoisotopic (exact) mass is 252 g/mol. The zero-order chi connectivity index (χ0) is 12.3. The predicted octanol–water partition coefficient (Wildman–Crippen LogP) is 3.26. The third-order valence-corrected chi connectivity index (χ3v) is 5.39. The van der Waals surface area contributed by atoms with Gasteiger partial charge in [-0.2, -0.15) is 0 Å². The van der Waals surface area contributed by atoms with Crippen molar-refractivity contribution >= 4 is 11.3 Å². The maximum absolute atomic E-state index is 6.26. The molecular weight excluding hydrogens is 228 g/mol. The minimum Gasteiger partial charge on any atom is -0.322 e. The van der Waals surface area contributed by atoms with Gasteiger partial charge in [0.15, 0.2) is 0 Å². The Labute approximate surface area is 109 Å². The molecule has 1 aliphatic rings. The normalized spacial score (nSPS) is 21.8. The molecule has 0 saturated carbocycles. The summed E-state index contributed by atoms with van der Waals surface area (Å²) in [6.45, 7) is 8.13. The average Bonchev–Trinajstić information content (AvgIpc) is 2.98. The highest BCUT2D eigenvalue weighted by molar-refractivity contribution is 7.10. The van der Waals surface area contributed by atoms with E-state index in [4.69, 9.17) is 5.73 Å². The number of nitrogens with two attached hydrogens (primary N) is 1. The van der Waals surface area contributed by atoms with Gasteiger partial charge in [0.1, 0.15) is 0 Å². The molecule has 0 spiro atoms. The van der Waals surface area contributed by atoms with E-state index in [1.54, 1.807) is 11.3 Å². The van der Waals surface area contributed by atoms with Crippen molar-refractivity contribution in [1.29, 1.82) is 0 Å². The summed E-state index contributed by atoms with van der Waals surface area (Å²) in [6.07, 6.45) is 3.94. The van der Waals surface area contributed by atoms with Crippen LogP contribution in [0.3, 0.4) is 0 Å². The van der Waals surface area contributed by atoms with Gasteiger partial charge in [0, 0.05) is 18.0 Å². The van der Waals surface area contributed by atoms with Gasteiger partial charge in [0.05, 0.1) is 6.04 Å². The van der Waals surface area contributed by atoms with Crippen LogP contribution in [0.25, 0.3) is 0 Å². The molecule has 2 nitrogen and oxygen atoms in total. The van der Waals surface area contributed by atoms with Gasteiger partial charge in [-0.15, -0.1) is 11.3 Å². The van der Waals surface area contributed by atoms with Crippen molar-refractivity contribution in [1.82, 2.24) is 4.90 Å². The minimum atomic E-state index is 0.194. The van der Waals surface area contributed by atoms with Crippen LogP contribution in [0.5, 0.6) is 0 Å². The van der Waals surface area contributed by atoms with Gasteiger partial charge in [0.2, 0.25) is 0 Å². The third kappa shape index (κ3) is 2.90. The predicted molar refractivity (Wildman–Crippen MR) is 75.3 cm³/mol. The van der Waals surface area contributed by atoms with E-state index >= 15 is 0 Å². The summed E-state index contributed by atoms with van der Waals surface area (Å²) < 4.78 is 0. The molecule has 96 valence electrons. The molecule has 1 saturated heterocycles. The molecule has 2 rings (SSSR count). The van der Waals surface area contributed by atoms with E-state index in [0.717, 1.165) is 6.54 Å². The van der Waals surface area contributed by atoms with Gasteiger partial charge in [-0.25, -0.2) is 0 Å². The molecule has 2 heterocycles. The third-order valence-electron chi connectivity index (χ3n) is 4.38. The van der Waals surface area contributed by atoms with Gasteiger partial charge >= 0.3 is 0 Å². The largest absolute Gasteiger partial charge is 0.322 e. The summed E-state index contributed by atoms with van der Waals surface area (Å²) >= 11 is 1.77.